The zero-order valence-electron chi connectivity index (χ0n) is 15.3. The van der Waals surface area contributed by atoms with Gasteiger partial charge in [-0.2, -0.15) is 4.99 Å². The number of nitrogens with zero attached hydrogens (tertiary/aromatic N) is 3. The molecule has 1 aromatic heterocycles. The third-order valence-electron chi connectivity index (χ3n) is 4.70. The predicted octanol–water partition coefficient (Wildman–Crippen LogP) is 3.28. The average molecular weight is 392 g/mol. The van der Waals surface area contributed by atoms with Crippen LogP contribution in [0.4, 0.5) is 0 Å². The van der Waals surface area contributed by atoms with Gasteiger partial charge in [-0.05, 0) is 45.2 Å². The van der Waals surface area contributed by atoms with Gasteiger partial charge in [0.15, 0.2) is 4.80 Å². The van der Waals surface area contributed by atoms with Gasteiger partial charge in [-0.15, -0.1) is 11.8 Å². The summed E-state index contributed by atoms with van der Waals surface area (Å²) in [6.07, 6.45) is 3.35. The fourth-order valence-electron chi connectivity index (χ4n) is 3.33. The van der Waals surface area contributed by atoms with Crippen molar-refractivity contribution in [1.82, 2.24) is 9.47 Å². The number of carbonyl (C=O) groups excluding carboxylic acids is 2. The summed E-state index contributed by atoms with van der Waals surface area (Å²) >= 11 is 2.90. The number of carbonyl (C=O) groups is 2. The number of likely N-dealkylation sites (tertiary alicyclic amines) is 1. The second-order valence-corrected chi connectivity index (χ2v) is 8.52. The quantitative estimate of drug-likeness (QED) is 0.786. The van der Waals surface area contributed by atoms with Crippen molar-refractivity contribution in [3.8, 4) is 0 Å². The first-order chi connectivity index (χ1) is 12.6. The van der Waals surface area contributed by atoms with Gasteiger partial charge in [-0.1, -0.05) is 23.5 Å². The molecule has 0 spiro atoms. The molecule has 2 heterocycles. The van der Waals surface area contributed by atoms with Gasteiger partial charge in [0.1, 0.15) is 0 Å². The van der Waals surface area contributed by atoms with Crippen LogP contribution in [0.1, 0.15) is 33.1 Å². The summed E-state index contributed by atoms with van der Waals surface area (Å²) in [5, 5.41) is 0. The van der Waals surface area contributed by atoms with Crippen LogP contribution in [0.15, 0.2) is 29.3 Å². The minimum atomic E-state index is -0.178. The molecule has 2 aromatic rings. The molecule has 0 N–H and O–H groups in total. The summed E-state index contributed by atoms with van der Waals surface area (Å²) in [4.78, 5) is 31.6. The zero-order chi connectivity index (χ0) is 18.5. The third-order valence-corrected chi connectivity index (χ3v) is 6.66. The van der Waals surface area contributed by atoms with Gasteiger partial charge in [0.25, 0.3) is 5.91 Å². The molecule has 0 aliphatic carbocycles. The van der Waals surface area contributed by atoms with Crippen molar-refractivity contribution in [3.05, 3.63) is 29.1 Å². The van der Waals surface area contributed by atoms with Gasteiger partial charge in [-0.3, -0.25) is 9.59 Å². The molecule has 1 saturated heterocycles. The summed E-state index contributed by atoms with van der Waals surface area (Å²) in [5.41, 5.74) is 1.11. The van der Waals surface area contributed by atoms with Gasteiger partial charge in [0, 0.05) is 19.1 Å². The molecule has 1 aliphatic heterocycles. The standard InChI is InChI=1S/C19H25N3O2S2/c1-3-21-15-9-4-5-10-16(15)26-19(21)20-17(23)12-25-13-18(24)22-11-7-6-8-14(22)2/h4-5,9-10,14H,3,6-8,11-13H2,1-2H3/t14-/m1/s1. The first-order valence-electron chi connectivity index (χ1n) is 9.13. The van der Waals surface area contributed by atoms with Crippen LogP contribution < -0.4 is 4.80 Å². The maximum atomic E-state index is 12.3. The number of fused-ring (bicyclic) bond motifs is 1. The van der Waals surface area contributed by atoms with E-state index in [2.05, 4.69) is 23.4 Å². The Morgan fingerprint density at radius 2 is 2.08 bits per heavy atom. The molecule has 0 radical (unpaired) electrons. The van der Waals surface area contributed by atoms with Crippen LogP contribution in [-0.4, -0.2) is 45.4 Å². The Hall–Kier alpha value is -1.60. The van der Waals surface area contributed by atoms with E-state index in [1.54, 1.807) is 0 Å². The minimum absolute atomic E-state index is 0.139. The molecule has 0 saturated carbocycles. The third kappa shape index (κ3) is 4.38. The zero-order valence-corrected chi connectivity index (χ0v) is 16.9. The van der Waals surface area contributed by atoms with E-state index in [0.717, 1.165) is 40.9 Å². The minimum Gasteiger partial charge on any atom is -0.339 e. The van der Waals surface area contributed by atoms with E-state index in [0.29, 0.717) is 11.8 Å². The molecule has 7 heteroatoms. The summed E-state index contributed by atoms with van der Waals surface area (Å²) < 4.78 is 3.19. The van der Waals surface area contributed by atoms with E-state index in [1.165, 1.54) is 29.5 Å². The fraction of sp³-hybridized carbons (Fsp3) is 0.526. The smallest absolute Gasteiger partial charge is 0.258 e. The summed E-state index contributed by atoms with van der Waals surface area (Å²) in [6, 6.07) is 8.40. The highest BCUT2D eigenvalue weighted by atomic mass is 32.2. The lowest BCUT2D eigenvalue weighted by atomic mass is 10.0. The molecule has 3 rings (SSSR count). The largest absolute Gasteiger partial charge is 0.339 e. The van der Waals surface area contributed by atoms with Gasteiger partial charge < -0.3 is 9.47 Å². The van der Waals surface area contributed by atoms with E-state index in [1.807, 2.05) is 29.2 Å². The highest BCUT2D eigenvalue weighted by Crippen LogP contribution is 2.18. The number of rotatable bonds is 5. The van der Waals surface area contributed by atoms with Crippen molar-refractivity contribution < 1.29 is 9.59 Å². The number of para-hydroxylation sites is 1. The van der Waals surface area contributed by atoms with Crippen molar-refractivity contribution in [2.24, 2.45) is 4.99 Å². The van der Waals surface area contributed by atoms with E-state index in [4.69, 9.17) is 0 Å². The first kappa shape index (κ1) is 19.2. The molecule has 0 unspecified atom stereocenters. The van der Waals surface area contributed by atoms with Crippen LogP contribution >= 0.6 is 23.1 Å². The Morgan fingerprint density at radius 3 is 2.85 bits per heavy atom. The number of hydrogen-bond acceptors (Lipinski definition) is 4. The molecule has 1 fully saturated rings. The van der Waals surface area contributed by atoms with Crippen LogP contribution in [0, 0.1) is 0 Å². The van der Waals surface area contributed by atoms with E-state index < -0.39 is 0 Å². The number of piperidine rings is 1. The summed E-state index contributed by atoms with van der Waals surface area (Å²) in [5.74, 6) is 0.557. The number of aryl methyl sites for hydroxylation is 1. The first-order valence-corrected chi connectivity index (χ1v) is 11.1. The number of thiazole rings is 1. The second-order valence-electron chi connectivity index (χ2n) is 6.53. The topological polar surface area (TPSA) is 54.7 Å². The SMILES string of the molecule is CCn1c(=NC(=O)CSCC(=O)N2CCCC[C@H]2C)sc2ccccc21. The van der Waals surface area contributed by atoms with Crippen LogP contribution in [0.5, 0.6) is 0 Å². The highest BCUT2D eigenvalue weighted by Gasteiger charge is 2.22. The van der Waals surface area contributed by atoms with Gasteiger partial charge >= 0.3 is 0 Å². The van der Waals surface area contributed by atoms with E-state index in [9.17, 15) is 9.59 Å². The highest BCUT2D eigenvalue weighted by molar-refractivity contribution is 8.00. The van der Waals surface area contributed by atoms with Gasteiger partial charge in [0.05, 0.1) is 21.7 Å². The number of amides is 2. The van der Waals surface area contributed by atoms with Crippen LogP contribution in [0.3, 0.4) is 0 Å². The Labute approximate surface area is 162 Å². The molecule has 5 nitrogen and oxygen atoms in total. The Bertz CT molecular complexity index is 856. The summed E-state index contributed by atoms with van der Waals surface area (Å²) in [7, 11) is 0. The predicted molar refractivity (Wildman–Crippen MR) is 108 cm³/mol. The fourth-order valence-corrected chi connectivity index (χ4v) is 5.12. The maximum Gasteiger partial charge on any atom is 0.258 e. The maximum absolute atomic E-state index is 12.3. The molecule has 1 aromatic carbocycles. The number of benzene rings is 1. The average Bonchev–Trinajstić information content (AvgIpc) is 2.98. The van der Waals surface area contributed by atoms with Gasteiger partial charge in [-0.25, -0.2) is 0 Å². The molecule has 140 valence electrons. The van der Waals surface area contributed by atoms with Crippen molar-refractivity contribution in [2.45, 2.75) is 45.7 Å². The molecule has 26 heavy (non-hydrogen) atoms. The van der Waals surface area contributed by atoms with Crippen molar-refractivity contribution >= 4 is 45.1 Å². The van der Waals surface area contributed by atoms with Crippen LogP contribution in [-0.2, 0) is 16.1 Å². The molecular formula is C19H25N3O2S2. The van der Waals surface area contributed by atoms with E-state index in [-0.39, 0.29) is 17.6 Å². The van der Waals surface area contributed by atoms with Crippen molar-refractivity contribution in [1.29, 1.82) is 0 Å². The lowest BCUT2D eigenvalue weighted by Crippen LogP contribution is -2.43. The molecule has 2 amide bonds. The molecule has 1 atom stereocenters. The normalized spacial score (nSPS) is 18.5. The Morgan fingerprint density at radius 1 is 1.27 bits per heavy atom. The second kappa shape index (κ2) is 8.86. The number of hydrogen-bond donors (Lipinski definition) is 0. The van der Waals surface area contributed by atoms with Crippen molar-refractivity contribution in [3.63, 3.8) is 0 Å². The Balaban J connectivity index is 1.60. The monoisotopic (exact) mass is 391 g/mol. The number of aromatic nitrogens is 1. The lowest BCUT2D eigenvalue weighted by molar-refractivity contribution is -0.131. The van der Waals surface area contributed by atoms with Gasteiger partial charge in [0.2, 0.25) is 5.91 Å². The number of thioether (sulfide) groups is 1. The lowest BCUT2D eigenvalue weighted by Gasteiger charge is -2.33. The molecular weight excluding hydrogens is 366 g/mol. The van der Waals surface area contributed by atoms with Crippen molar-refractivity contribution in [2.75, 3.05) is 18.1 Å². The molecule has 0 bridgehead atoms. The van der Waals surface area contributed by atoms with Crippen LogP contribution in [0.2, 0.25) is 0 Å². The molecule has 1 aliphatic rings. The van der Waals surface area contributed by atoms with Crippen LogP contribution in [0.25, 0.3) is 10.2 Å². The summed E-state index contributed by atoms with van der Waals surface area (Å²) in [6.45, 7) is 5.77. The Kier molecular flexibility index (Phi) is 6.53. The van der Waals surface area contributed by atoms with E-state index >= 15 is 0 Å².